The Morgan fingerprint density at radius 2 is 1.44 bits per heavy atom. The van der Waals surface area contributed by atoms with E-state index in [0.29, 0.717) is 0 Å². The van der Waals surface area contributed by atoms with E-state index < -0.39 is 22.3 Å². The van der Waals surface area contributed by atoms with Gasteiger partial charge in [0, 0.05) is 0 Å². The van der Waals surface area contributed by atoms with E-state index in [1.54, 1.807) is 0 Å². The molecule has 56 valence electrons. The molecule has 0 bridgehead atoms. The van der Waals surface area contributed by atoms with Crippen LogP contribution < -0.4 is 5.32 Å². The first-order valence-corrected chi connectivity index (χ1v) is 4.74. The molecule has 0 atom stereocenters. The average molecular weight is 173 g/mol. The average Bonchev–Trinajstić information content (AvgIpc) is 1.64. The number of hydrogen-bond acceptors (Lipinski definition) is 5. The monoisotopic (exact) mass is 173 g/mol. The summed E-state index contributed by atoms with van der Waals surface area (Å²) in [5, 5.41) is 2.36. The standard InChI is InChI=1S/C2H9NO4P2/c1-3-2(8(4)5)9(6)7/h2-7H,1H3. The largest absolute Gasteiger partial charge is 0.349 e. The van der Waals surface area contributed by atoms with Crippen molar-refractivity contribution in [2.45, 2.75) is 5.52 Å². The van der Waals surface area contributed by atoms with E-state index in [1.165, 1.54) is 7.05 Å². The van der Waals surface area contributed by atoms with Gasteiger partial charge in [0.05, 0.1) is 0 Å². The minimum absolute atomic E-state index is 0.977. The third-order valence-corrected chi connectivity index (χ3v) is 3.33. The van der Waals surface area contributed by atoms with E-state index >= 15 is 0 Å². The molecule has 0 aromatic carbocycles. The highest BCUT2D eigenvalue weighted by Crippen LogP contribution is 2.46. The molecule has 0 rings (SSSR count). The van der Waals surface area contributed by atoms with Crippen molar-refractivity contribution in [3.63, 3.8) is 0 Å². The molecule has 0 aromatic rings. The van der Waals surface area contributed by atoms with Crippen LogP contribution in [0.5, 0.6) is 0 Å². The van der Waals surface area contributed by atoms with E-state index in [-0.39, 0.29) is 0 Å². The Hall–Kier alpha value is 0.660. The summed E-state index contributed by atoms with van der Waals surface area (Å²) >= 11 is 0. The zero-order valence-corrected chi connectivity index (χ0v) is 6.55. The van der Waals surface area contributed by atoms with Crippen LogP contribution in [0.2, 0.25) is 0 Å². The van der Waals surface area contributed by atoms with Crippen LogP contribution in [-0.4, -0.2) is 32.1 Å². The van der Waals surface area contributed by atoms with Gasteiger partial charge in [0.15, 0.2) is 16.8 Å². The van der Waals surface area contributed by atoms with Crippen molar-refractivity contribution in [2.75, 3.05) is 7.05 Å². The molecule has 7 heteroatoms. The second-order valence-corrected chi connectivity index (χ2v) is 4.02. The van der Waals surface area contributed by atoms with Crippen molar-refractivity contribution < 1.29 is 19.6 Å². The quantitative estimate of drug-likeness (QED) is 0.356. The zero-order valence-electron chi connectivity index (χ0n) is 4.76. The van der Waals surface area contributed by atoms with E-state index in [9.17, 15) is 0 Å². The van der Waals surface area contributed by atoms with Crippen LogP contribution in [-0.2, 0) is 0 Å². The Bertz CT molecular complexity index is 71.0. The molecule has 0 fully saturated rings. The van der Waals surface area contributed by atoms with Gasteiger partial charge in [-0.1, -0.05) is 0 Å². The van der Waals surface area contributed by atoms with Gasteiger partial charge in [-0.15, -0.1) is 0 Å². The van der Waals surface area contributed by atoms with Gasteiger partial charge in [0.2, 0.25) is 0 Å². The lowest BCUT2D eigenvalue weighted by atomic mass is 11.2. The Labute approximate surface area is 55.2 Å². The molecule has 0 radical (unpaired) electrons. The van der Waals surface area contributed by atoms with Crippen LogP contribution in [0.25, 0.3) is 0 Å². The molecule has 0 aromatic heterocycles. The fraction of sp³-hybridized carbons (Fsp3) is 1.00. The van der Waals surface area contributed by atoms with E-state index in [1.807, 2.05) is 0 Å². The maximum Gasteiger partial charge on any atom is 0.192 e. The molecule has 0 heterocycles. The van der Waals surface area contributed by atoms with Gasteiger partial charge >= 0.3 is 0 Å². The van der Waals surface area contributed by atoms with Crippen molar-refractivity contribution in [2.24, 2.45) is 0 Å². The molecule has 0 spiro atoms. The fourth-order valence-electron chi connectivity index (χ4n) is 0.323. The summed E-state index contributed by atoms with van der Waals surface area (Å²) in [4.78, 5) is 33.7. The first-order valence-electron chi connectivity index (χ1n) is 2.11. The third kappa shape index (κ3) is 3.38. The normalized spacial score (nSPS) is 12.0. The lowest BCUT2D eigenvalue weighted by Crippen LogP contribution is -2.20. The Kier molecular flexibility index (Phi) is 4.80. The summed E-state index contributed by atoms with van der Waals surface area (Å²) in [7, 11) is -3.15. The summed E-state index contributed by atoms with van der Waals surface area (Å²) in [5.74, 6) is 0. The van der Waals surface area contributed by atoms with Crippen LogP contribution in [0, 0.1) is 0 Å². The van der Waals surface area contributed by atoms with E-state index in [4.69, 9.17) is 19.6 Å². The molecule has 5 N–H and O–H groups in total. The molecule has 0 unspecified atom stereocenters. The van der Waals surface area contributed by atoms with Crippen LogP contribution >= 0.6 is 16.8 Å². The Morgan fingerprint density at radius 3 is 1.44 bits per heavy atom. The summed E-state index contributed by atoms with van der Waals surface area (Å²) < 4.78 is 0. The first-order chi connectivity index (χ1) is 4.09. The highest BCUT2D eigenvalue weighted by molar-refractivity contribution is 7.64. The highest BCUT2D eigenvalue weighted by Gasteiger charge is 2.23. The Balaban J connectivity index is 3.68. The van der Waals surface area contributed by atoms with Gasteiger partial charge in [-0.05, 0) is 7.05 Å². The number of hydrogen-bond donors (Lipinski definition) is 5. The first kappa shape index (κ1) is 9.66. The third-order valence-electron chi connectivity index (χ3n) is 0.696. The molecule has 0 aliphatic carbocycles. The predicted molar refractivity (Wildman–Crippen MR) is 35.6 cm³/mol. The number of nitrogens with one attached hydrogen (secondary N) is 1. The van der Waals surface area contributed by atoms with Gasteiger partial charge in [-0.2, -0.15) is 0 Å². The maximum atomic E-state index is 8.44. The second kappa shape index (κ2) is 4.47. The van der Waals surface area contributed by atoms with Gasteiger partial charge < -0.3 is 24.9 Å². The maximum absolute atomic E-state index is 8.44. The summed E-state index contributed by atoms with van der Waals surface area (Å²) in [6.07, 6.45) is 0. The molecule has 0 aliphatic rings. The van der Waals surface area contributed by atoms with Gasteiger partial charge in [0.1, 0.15) is 5.52 Å². The van der Waals surface area contributed by atoms with E-state index in [0.717, 1.165) is 0 Å². The number of rotatable bonds is 3. The molecule has 0 saturated carbocycles. The summed E-state index contributed by atoms with van der Waals surface area (Å²) in [5.41, 5.74) is -0.977. The highest BCUT2D eigenvalue weighted by atomic mass is 31.2. The minimum atomic E-state index is -2.29. The topological polar surface area (TPSA) is 93.0 Å². The van der Waals surface area contributed by atoms with Crippen LogP contribution in [0.4, 0.5) is 0 Å². The van der Waals surface area contributed by atoms with Crippen LogP contribution in [0.3, 0.4) is 0 Å². The predicted octanol–water partition coefficient (Wildman–Crippen LogP) is -0.918. The van der Waals surface area contributed by atoms with Crippen molar-refractivity contribution in [1.29, 1.82) is 0 Å². The molecule has 9 heavy (non-hydrogen) atoms. The fourth-order valence-corrected chi connectivity index (χ4v) is 1.52. The van der Waals surface area contributed by atoms with Crippen LogP contribution in [0.15, 0.2) is 0 Å². The molecular weight excluding hydrogens is 164 g/mol. The molecule has 0 amide bonds. The lowest BCUT2D eigenvalue weighted by molar-refractivity contribution is 0.440. The smallest absolute Gasteiger partial charge is 0.192 e. The van der Waals surface area contributed by atoms with Crippen molar-refractivity contribution >= 4 is 16.8 Å². The minimum Gasteiger partial charge on any atom is -0.349 e. The van der Waals surface area contributed by atoms with Crippen molar-refractivity contribution in [3.8, 4) is 0 Å². The van der Waals surface area contributed by atoms with Crippen molar-refractivity contribution in [1.82, 2.24) is 5.32 Å². The van der Waals surface area contributed by atoms with Gasteiger partial charge in [-0.3, -0.25) is 0 Å². The summed E-state index contributed by atoms with van der Waals surface area (Å²) in [6, 6.07) is 0. The van der Waals surface area contributed by atoms with Crippen LogP contribution in [0.1, 0.15) is 0 Å². The molecule has 5 nitrogen and oxygen atoms in total. The second-order valence-electron chi connectivity index (χ2n) is 1.30. The molecule has 0 saturated heterocycles. The van der Waals surface area contributed by atoms with Crippen molar-refractivity contribution in [3.05, 3.63) is 0 Å². The molecule has 0 aliphatic heterocycles. The van der Waals surface area contributed by atoms with E-state index in [2.05, 4.69) is 5.32 Å². The summed E-state index contributed by atoms with van der Waals surface area (Å²) in [6.45, 7) is 0. The SMILES string of the molecule is CNC(P(O)O)P(O)O. The lowest BCUT2D eigenvalue weighted by Gasteiger charge is -2.16. The zero-order chi connectivity index (χ0) is 7.44. The Morgan fingerprint density at radius 1 is 1.11 bits per heavy atom. The van der Waals surface area contributed by atoms with Gasteiger partial charge in [0.25, 0.3) is 0 Å². The molecular formula is C2H9NO4P2. The van der Waals surface area contributed by atoms with Gasteiger partial charge in [-0.25, -0.2) is 0 Å².